The summed E-state index contributed by atoms with van der Waals surface area (Å²) in [5.41, 5.74) is 4.00. The second-order valence-corrected chi connectivity index (χ2v) is 14.4. The Bertz CT molecular complexity index is 1710. The number of carbonyl (C=O) groups excluding carboxylic acids is 2. The van der Waals surface area contributed by atoms with E-state index < -0.39 is 23.1 Å². The molecule has 0 saturated carbocycles. The lowest BCUT2D eigenvalue weighted by molar-refractivity contribution is -0.147. The minimum absolute atomic E-state index is 0.133. The number of hydrogen-bond acceptors (Lipinski definition) is 7. The third-order valence-corrected chi connectivity index (χ3v) is 7.77. The van der Waals surface area contributed by atoms with E-state index >= 15 is 0 Å². The number of fused-ring (bicyclic) bond motifs is 1. The second kappa shape index (κ2) is 14.1. The van der Waals surface area contributed by atoms with Gasteiger partial charge in [-0.1, -0.05) is 37.6 Å². The van der Waals surface area contributed by atoms with Gasteiger partial charge in [-0.05, 0) is 84.1 Å². The first-order chi connectivity index (χ1) is 21.9. The quantitative estimate of drug-likeness (QED) is 0.228. The zero-order valence-corrected chi connectivity index (χ0v) is 29.0. The number of aromatic nitrogens is 3. The molecule has 4 rings (SSSR count). The summed E-state index contributed by atoms with van der Waals surface area (Å²) in [5, 5.41) is 17.2. The van der Waals surface area contributed by atoms with E-state index in [-0.39, 0.29) is 18.4 Å². The molecule has 1 aliphatic rings. The van der Waals surface area contributed by atoms with Crippen LogP contribution in [0.3, 0.4) is 0 Å². The molecule has 2 aromatic heterocycles. The molecule has 1 aromatic carbocycles. The van der Waals surface area contributed by atoms with Crippen LogP contribution in [-0.2, 0) is 20.9 Å². The van der Waals surface area contributed by atoms with Gasteiger partial charge in [-0.3, -0.25) is 19.4 Å². The van der Waals surface area contributed by atoms with Crippen LogP contribution in [0.2, 0.25) is 0 Å². The summed E-state index contributed by atoms with van der Waals surface area (Å²) in [6.45, 7) is 18.7. The van der Waals surface area contributed by atoms with Gasteiger partial charge in [0, 0.05) is 43.0 Å². The Labute approximate surface area is 277 Å². The van der Waals surface area contributed by atoms with E-state index in [4.69, 9.17) is 9.72 Å². The minimum Gasteiger partial charge on any atom is -0.481 e. The number of allylic oxidation sites excluding steroid dienone is 1. The molecule has 0 fully saturated rings. The Morgan fingerprint density at radius 1 is 1.13 bits per heavy atom. The number of anilines is 2. The predicted molar refractivity (Wildman–Crippen MR) is 184 cm³/mol. The first-order valence-electron chi connectivity index (χ1n) is 16.0. The Balaban J connectivity index is 1.78. The summed E-state index contributed by atoms with van der Waals surface area (Å²) >= 11 is 0. The summed E-state index contributed by atoms with van der Waals surface area (Å²) in [7, 11) is 0. The molecule has 0 spiro atoms. The topological polar surface area (TPSA) is 129 Å². The minimum atomic E-state index is -0.862. The van der Waals surface area contributed by atoms with Gasteiger partial charge in [-0.25, -0.2) is 9.78 Å². The highest BCUT2D eigenvalue weighted by molar-refractivity contribution is 5.99. The number of hydrogen-bond donors (Lipinski definition) is 2. The van der Waals surface area contributed by atoms with Gasteiger partial charge >= 0.3 is 12.1 Å². The molecule has 3 heterocycles. The van der Waals surface area contributed by atoms with Crippen LogP contribution < -0.4 is 10.2 Å². The van der Waals surface area contributed by atoms with Gasteiger partial charge in [0.25, 0.3) is 0 Å². The molecule has 0 bridgehead atoms. The lowest BCUT2D eigenvalue weighted by atomic mass is 9.92. The van der Waals surface area contributed by atoms with Gasteiger partial charge < -0.3 is 15.2 Å². The average Bonchev–Trinajstić information content (AvgIpc) is 3.39. The van der Waals surface area contributed by atoms with E-state index in [0.717, 1.165) is 28.0 Å². The van der Waals surface area contributed by atoms with E-state index in [9.17, 15) is 19.5 Å². The van der Waals surface area contributed by atoms with E-state index in [2.05, 4.69) is 35.2 Å². The molecule has 0 aliphatic carbocycles. The van der Waals surface area contributed by atoms with Gasteiger partial charge in [-0.2, -0.15) is 9.61 Å². The van der Waals surface area contributed by atoms with Gasteiger partial charge in [0.05, 0.1) is 23.9 Å². The molecule has 0 saturated heterocycles. The molecule has 252 valence electrons. The standard InChI is InChI=1S/C36H48N6O5/c1-23(2)17-30(43)38-27-12-10-11-25(18-27)21-41(34(46)47-35(5,6)7)31-19-29(39-32-28(24(3)4)20-37-42(31)32)26-13-15-40(16-14-26)22-36(8,9)33(44)45/h10-13,17-20,24H,14-16,21-22H2,1-9H3,(H,38,43)(H,44,45). The molecule has 11 heteroatoms. The van der Waals surface area contributed by atoms with E-state index in [1.165, 1.54) is 6.08 Å². The fraction of sp³-hybridized carbons (Fsp3) is 0.472. The number of carbonyl (C=O) groups is 3. The number of benzene rings is 1. The van der Waals surface area contributed by atoms with Crippen LogP contribution in [0.15, 0.2) is 54.3 Å². The molecule has 1 aliphatic heterocycles. The average molecular weight is 645 g/mol. The number of ether oxygens (including phenoxy) is 1. The first kappa shape index (κ1) is 35.3. The van der Waals surface area contributed by atoms with Crippen molar-refractivity contribution in [2.24, 2.45) is 5.41 Å². The smallest absolute Gasteiger partial charge is 0.416 e. The highest BCUT2D eigenvalue weighted by Crippen LogP contribution is 2.32. The summed E-state index contributed by atoms with van der Waals surface area (Å²) in [4.78, 5) is 46.8. The molecule has 11 nitrogen and oxygen atoms in total. The van der Waals surface area contributed by atoms with Crippen molar-refractivity contribution in [1.29, 1.82) is 0 Å². The molecule has 3 aromatic rings. The second-order valence-electron chi connectivity index (χ2n) is 14.4. The zero-order valence-electron chi connectivity index (χ0n) is 29.0. The fourth-order valence-corrected chi connectivity index (χ4v) is 5.37. The van der Waals surface area contributed by atoms with Crippen molar-refractivity contribution in [3.8, 4) is 0 Å². The molecule has 2 amide bonds. The van der Waals surface area contributed by atoms with E-state index in [1.807, 2.05) is 58.9 Å². The Kier molecular flexibility index (Phi) is 10.6. The monoisotopic (exact) mass is 644 g/mol. The highest BCUT2D eigenvalue weighted by atomic mass is 16.6. The largest absolute Gasteiger partial charge is 0.481 e. The van der Waals surface area contributed by atoms with E-state index in [0.29, 0.717) is 43.2 Å². The molecule has 0 atom stereocenters. The number of amides is 2. The third-order valence-electron chi connectivity index (χ3n) is 7.77. The van der Waals surface area contributed by atoms with Gasteiger partial charge in [-0.15, -0.1) is 0 Å². The molecular formula is C36H48N6O5. The lowest BCUT2D eigenvalue weighted by Crippen LogP contribution is -2.41. The molecule has 47 heavy (non-hydrogen) atoms. The molecule has 2 N–H and O–H groups in total. The van der Waals surface area contributed by atoms with Crippen LogP contribution in [0, 0.1) is 5.41 Å². The number of rotatable bonds is 10. The SMILES string of the molecule is CC(C)=CC(=O)Nc1cccc(CN(C(=O)OC(C)(C)C)c2cc(C3=CCN(CC(C)(C)C(=O)O)CC3)nc3c(C(C)C)cnn23)c1. The van der Waals surface area contributed by atoms with Crippen molar-refractivity contribution in [3.05, 3.63) is 71.1 Å². The number of nitrogens with one attached hydrogen (secondary N) is 1. The van der Waals surface area contributed by atoms with E-state index in [1.54, 1.807) is 35.5 Å². The number of aliphatic carboxylic acids is 1. The van der Waals surface area contributed by atoms with Crippen molar-refractivity contribution in [3.63, 3.8) is 0 Å². The van der Waals surface area contributed by atoms with Crippen molar-refractivity contribution in [2.75, 3.05) is 29.9 Å². The number of carboxylic acid groups (broad SMARTS) is 1. The number of carboxylic acids is 1. The van der Waals surface area contributed by atoms with Crippen molar-refractivity contribution in [1.82, 2.24) is 19.5 Å². The summed E-state index contributed by atoms with van der Waals surface area (Å²) in [5.74, 6) is -0.419. The van der Waals surface area contributed by atoms with Crippen molar-refractivity contribution < 1.29 is 24.2 Å². The zero-order chi connectivity index (χ0) is 34.7. The summed E-state index contributed by atoms with van der Waals surface area (Å²) in [6, 6.07) is 9.25. The summed E-state index contributed by atoms with van der Waals surface area (Å²) < 4.78 is 7.60. The van der Waals surface area contributed by atoms with Crippen LogP contribution in [-0.4, -0.2) is 67.8 Å². The molecular weight excluding hydrogens is 596 g/mol. The Morgan fingerprint density at radius 3 is 2.45 bits per heavy atom. The summed E-state index contributed by atoms with van der Waals surface area (Å²) in [6.07, 6.45) is 5.54. The van der Waals surface area contributed by atoms with Crippen LogP contribution in [0.4, 0.5) is 16.3 Å². The third kappa shape index (κ3) is 9.06. The van der Waals surface area contributed by atoms with Crippen LogP contribution in [0.5, 0.6) is 0 Å². The van der Waals surface area contributed by atoms with Crippen LogP contribution >= 0.6 is 0 Å². The Morgan fingerprint density at radius 2 is 1.85 bits per heavy atom. The number of nitrogens with zero attached hydrogens (tertiary/aromatic N) is 5. The maximum Gasteiger partial charge on any atom is 0.416 e. The molecule has 0 radical (unpaired) electrons. The van der Waals surface area contributed by atoms with Crippen LogP contribution in [0.25, 0.3) is 11.2 Å². The van der Waals surface area contributed by atoms with Gasteiger partial charge in [0.1, 0.15) is 11.4 Å². The maximum absolute atomic E-state index is 13.9. The van der Waals surface area contributed by atoms with Crippen molar-refractivity contribution >= 4 is 40.7 Å². The fourth-order valence-electron chi connectivity index (χ4n) is 5.37. The predicted octanol–water partition coefficient (Wildman–Crippen LogP) is 6.90. The van der Waals surface area contributed by atoms with Crippen molar-refractivity contribution in [2.45, 2.75) is 86.8 Å². The normalized spacial score (nSPS) is 14.1. The maximum atomic E-state index is 13.9. The van der Waals surface area contributed by atoms with Gasteiger partial charge in [0.15, 0.2) is 5.65 Å². The lowest BCUT2D eigenvalue weighted by Gasteiger charge is -2.32. The first-order valence-corrected chi connectivity index (χ1v) is 16.0. The van der Waals surface area contributed by atoms with Gasteiger partial charge in [0.2, 0.25) is 5.91 Å². The molecule has 0 unspecified atom stereocenters. The van der Waals surface area contributed by atoms with Crippen LogP contribution in [0.1, 0.15) is 91.5 Å². The Hall–Kier alpha value is -4.51. The highest BCUT2D eigenvalue weighted by Gasteiger charge is 2.31.